The van der Waals surface area contributed by atoms with Gasteiger partial charge in [-0.2, -0.15) is 0 Å². The van der Waals surface area contributed by atoms with Crippen LogP contribution in [0.4, 0.5) is 0 Å². The van der Waals surface area contributed by atoms with E-state index < -0.39 is 17.0 Å². The van der Waals surface area contributed by atoms with Crippen molar-refractivity contribution < 1.29 is 15.0 Å². The number of carbonyl (C=O) groups is 1. The van der Waals surface area contributed by atoms with Crippen LogP contribution in [0, 0.1) is 5.41 Å². The SMILES string of the molecule is CCN(CC)CCC(O)(c1ccccc1)C1(C(=O)O)CCCC1. The molecule has 0 bridgehead atoms. The highest BCUT2D eigenvalue weighted by Crippen LogP contribution is 2.53. The van der Waals surface area contributed by atoms with Gasteiger partial charge in [-0.25, -0.2) is 0 Å². The van der Waals surface area contributed by atoms with E-state index in [0.717, 1.165) is 31.5 Å². The third-order valence-electron chi connectivity index (χ3n) is 5.59. The molecule has 1 atom stereocenters. The molecule has 2 rings (SSSR count). The van der Waals surface area contributed by atoms with Gasteiger partial charge in [0.15, 0.2) is 0 Å². The van der Waals surface area contributed by atoms with Gasteiger partial charge < -0.3 is 15.1 Å². The Kier molecular flexibility index (Phi) is 5.82. The molecule has 1 aliphatic carbocycles. The van der Waals surface area contributed by atoms with Crippen LogP contribution in [0.1, 0.15) is 51.5 Å². The molecule has 0 amide bonds. The summed E-state index contributed by atoms with van der Waals surface area (Å²) in [6, 6.07) is 9.39. The van der Waals surface area contributed by atoms with Crippen LogP contribution in [0.25, 0.3) is 0 Å². The van der Waals surface area contributed by atoms with Crippen molar-refractivity contribution in [1.29, 1.82) is 0 Å². The van der Waals surface area contributed by atoms with E-state index >= 15 is 0 Å². The molecule has 0 radical (unpaired) electrons. The largest absolute Gasteiger partial charge is 0.481 e. The predicted molar refractivity (Wildman–Crippen MR) is 91.3 cm³/mol. The molecule has 0 aromatic heterocycles. The lowest BCUT2D eigenvalue weighted by Gasteiger charge is -2.43. The maximum absolute atomic E-state index is 12.2. The number of aliphatic carboxylic acids is 1. The summed E-state index contributed by atoms with van der Waals surface area (Å²) in [6.07, 6.45) is 3.28. The van der Waals surface area contributed by atoms with E-state index in [1.807, 2.05) is 30.3 Å². The molecule has 2 N–H and O–H groups in total. The van der Waals surface area contributed by atoms with Gasteiger partial charge in [-0.1, -0.05) is 57.0 Å². The van der Waals surface area contributed by atoms with E-state index in [1.54, 1.807) is 0 Å². The normalized spacial score (nSPS) is 19.7. The van der Waals surface area contributed by atoms with Crippen molar-refractivity contribution in [3.05, 3.63) is 35.9 Å². The van der Waals surface area contributed by atoms with Crippen molar-refractivity contribution in [3.63, 3.8) is 0 Å². The Morgan fingerprint density at radius 3 is 2.22 bits per heavy atom. The molecule has 4 heteroatoms. The lowest BCUT2D eigenvalue weighted by molar-refractivity contribution is -0.173. The van der Waals surface area contributed by atoms with Gasteiger partial charge in [-0.05, 0) is 37.9 Å². The zero-order valence-electron chi connectivity index (χ0n) is 14.3. The Hall–Kier alpha value is -1.39. The summed E-state index contributed by atoms with van der Waals surface area (Å²) in [5.74, 6) is -0.860. The Labute approximate surface area is 139 Å². The van der Waals surface area contributed by atoms with Crippen molar-refractivity contribution in [2.45, 2.75) is 51.6 Å². The maximum atomic E-state index is 12.2. The number of rotatable bonds is 8. The molecule has 0 saturated heterocycles. The van der Waals surface area contributed by atoms with Crippen LogP contribution in [0.2, 0.25) is 0 Å². The predicted octanol–water partition coefficient (Wildman–Crippen LogP) is 3.25. The average molecular weight is 319 g/mol. The first-order valence-corrected chi connectivity index (χ1v) is 8.74. The highest BCUT2D eigenvalue weighted by atomic mass is 16.4. The minimum Gasteiger partial charge on any atom is -0.481 e. The van der Waals surface area contributed by atoms with Crippen LogP contribution in [0.5, 0.6) is 0 Å². The van der Waals surface area contributed by atoms with Crippen LogP contribution in [0.3, 0.4) is 0 Å². The number of hydrogen-bond donors (Lipinski definition) is 2. The Morgan fingerprint density at radius 1 is 1.17 bits per heavy atom. The molecule has 1 unspecified atom stereocenters. The molecule has 0 aliphatic heterocycles. The zero-order valence-corrected chi connectivity index (χ0v) is 14.3. The minimum absolute atomic E-state index is 0.449. The van der Waals surface area contributed by atoms with Crippen molar-refractivity contribution in [2.24, 2.45) is 5.41 Å². The topological polar surface area (TPSA) is 60.8 Å². The molecule has 1 aliphatic rings. The van der Waals surface area contributed by atoms with Crippen LogP contribution < -0.4 is 0 Å². The average Bonchev–Trinajstić information content (AvgIpc) is 3.08. The van der Waals surface area contributed by atoms with Gasteiger partial charge in [0, 0.05) is 6.54 Å². The van der Waals surface area contributed by atoms with Gasteiger partial charge in [0.2, 0.25) is 0 Å². The number of benzene rings is 1. The van der Waals surface area contributed by atoms with E-state index in [0.29, 0.717) is 25.8 Å². The van der Waals surface area contributed by atoms with E-state index in [-0.39, 0.29) is 0 Å². The van der Waals surface area contributed by atoms with E-state index in [9.17, 15) is 15.0 Å². The number of nitrogens with zero attached hydrogens (tertiary/aromatic N) is 1. The monoisotopic (exact) mass is 319 g/mol. The molecular formula is C19H29NO3. The molecule has 128 valence electrons. The first kappa shape index (κ1) is 18.0. The summed E-state index contributed by atoms with van der Waals surface area (Å²) in [6.45, 7) is 6.69. The molecule has 1 fully saturated rings. The second kappa shape index (κ2) is 7.45. The third kappa shape index (κ3) is 3.29. The first-order valence-electron chi connectivity index (χ1n) is 8.74. The summed E-state index contributed by atoms with van der Waals surface area (Å²) < 4.78 is 0. The fraction of sp³-hybridized carbons (Fsp3) is 0.632. The molecule has 0 heterocycles. The molecule has 1 saturated carbocycles. The van der Waals surface area contributed by atoms with Crippen molar-refractivity contribution >= 4 is 5.97 Å². The van der Waals surface area contributed by atoms with Crippen LogP contribution in [-0.4, -0.2) is 40.7 Å². The fourth-order valence-electron chi connectivity index (χ4n) is 4.02. The van der Waals surface area contributed by atoms with Crippen molar-refractivity contribution in [1.82, 2.24) is 4.90 Å². The van der Waals surface area contributed by atoms with Crippen LogP contribution in [0.15, 0.2) is 30.3 Å². The van der Waals surface area contributed by atoms with E-state index in [2.05, 4.69) is 18.7 Å². The van der Waals surface area contributed by atoms with Crippen molar-refractivity contribution in [3.8, 4) is 0 Å². The van der Waals surface area contributed by atoms with Crippen LogP contribution in [-0.2, 0) is 10.4 Å². The summed E-state index contributed by atoms with van der Waals surface area (Å²) in [7, 11) is 0. The maximum Gasteiger partial charge on any atom is 0.312 e. The second-order valence-corrected chi connectivity index (χ2v) is 6.60. The summed E-state index contributed by atoms with van der Waals surface area (Å²) >= 11 is 0. The molecule has 0 spiro atoms. The smallest absolute Gasteiger partial charge is 0.312 e. The highest BCUT2D eigenvalue weighted by molar-refractivity contribution is 5.77. The second-order valence-electron chi connectivity index (χ2n) is 6.60. The quantitative estimate of drug-likeness (QED) is 0.772. The molecular weight excluding hydrogens is 290 g/mol. The molecule has 23 heavy (non-hydrogen) atoms. The van der Waals surface area contributed by atoms with Gasteiger partial charge in [0.1, 0.15) is 11.0 Å². The first-order chi connectivity index (χ1) is 11.0. The number of carboxylic acids is 1. The number of aliphatic hydroxyl groups is 1. The van der Waals surface area contributed by atoms with Crippen molar-refractivity contribution in [2.75, 3.05) is 19.6 Å². The van der Waals surface area contributed by atoms with Gasteiger partial charge in [-0.3, -0.25) is 4.79 Å². The van der Waals surface area contributed by atoms with E-state index in [4.69, 9.17) is 0 Å². The number of carboxylic acid groups (broad SMARTS) is 1. The Morgan fingerprint density at radius 2 is 1.74 bits per heavy atom. The van der Waals surface area contributed by atoms with E-state index in [1.165, 1.54) is 0 Å². The zero-order chi connectivity index (χ0) is 16.9. The fourth-order valence-corrected chi connectivity index (χ4v) is 4.02. The Balaban J connectivity index is 2.40. The summed E-state index contributed by atoms with van der Waals surface area (Å²) in [4.78, 5) is 14.4. The number of hydrogen-bond acceptors (Lipinski definition) is 3. The van der Waals surface area contributed by atoms with Gasteiger partial charge in [0.05, 0.1) is 0 Å². The summed E-state index contributed by atoms with van der Waals surface area (Å²) in [5, 5.41) is 21.6. The standard InChI is InChI=1S/C19H29NO3/c1-3-20(4-2)15-14-19(23,16-10-6-5-7-11-16)18(17(21)22)12-8-9-13-18/h5-7,10-11,23H,3-4,8-9,12-15H2,1-2H3,(H,21,22). The Bertz CT molecular complexity index is 507. The molecule has 1 aromatic carbocycles. The summed E-state index contributed by atoms with van der Waals surface area (Å²) in [5.41, 5.74) is -1.66. The molecule has 1 aromatic rings. The lowest BCUT2D eigenvalue weighted by Crippen LogP contribution is -2.51. The minimum atomic E-state index is -1.32. The van der Waals surface area contributed by atoms with Gasteiger partial charge in [-0.15, -0.1) is 0 Å². The third-order valence-corrected chi connectivity index (χ3v) is 5.59. The lowest BCUT2D eigenvalue weighted by atomic mass is 9.65. The van der Waals surface area contributed by atoms with Crippen LogP contribution >= 0.6 is 0 Å². The highest BCUT2D eigenvalue weighted by Gasteiger charge is 2.57. The molecule has 4 nitrogen and oxygen atoms in total. The van der Waals surface area contributed by atoms with Gasteiger partial charge in [0.25, 0.3) is 0 Å². The van der Waals surface area contributed by atoms with Gasteiger partial charge >= 0.3 is 5.97 Å².